The summed E-state index contributed by atoms with van der Waals surface area (Å²) in [5.74, 6) is -5.48. The zero-order valence-corrected chi connectivity index (χ0v) is 4.96. The molecule has 0 fully saturated rings. The van der Waals surface area contributed by atoms with E-state index in [1.807, 2.05) is 0 Å². The summed E-state index contributed by atoms with van der Waals surface area (Å²) in [5.41, 5.74) is 0. The van der Waals surface area contributed by atoms with Crippen LogP contribution >= 0.6 is 0 Å². The topological polar surface area (TPSA) is 19.9 Å². The molecule has 0 aromatic rings. The molecular weight excluding hydrogens is 178 g/mol. The van der Waals surface area contributed by atoms with E-state index < -0.39 is 24.9 Å². The zero-order chi connectivity index (χ0) is 9.28. The standard InChI is InChI=1S/C4H3F6O/c5-1-2(11)3(6,7)4(8,9)10/h2H,1H2. The SMILES string of the molecule is [O]C(CF)C(F)(F)C(F)(F)F. The summed E-state index contributed by atoms with van der Waals surface area (Å²) in [6, 6.07) is 0. The average molecular weight is 181 g/mol. The molecule has 0 heterocycles. The predicted molar refractivity (Wildman–Crippen MR) is 21.5 cm³/mol. The lowest BCUT2D eigenvalue weighted by atomic mass is 10.2. The van der Waals surface area contributed by atoms with Crippen molar-refractivity contribution in [2.75, 3.05) is 6.67 Å². The van der Waals surface area contributed by atoms with Crippen LogP contribution in [0.1, 0.15) is 0 Å². The maximum atomic E-state index is 11.6. The summed E-state index contributed by atoms with van der Waals surface area (Å²) in [4.78, 5) is 0. The molecule has 0 amide bonds. The van der Waals surface area contributed by atoms with E-state index in [9.17, 15) is 31.4 Å². The van der Waals surface area contributed by atoms with E-state index in [1.165, 1.54) is 0 Å². The van der Waals surface area contributed by atoms with Crippen LogP contribution in [0.2, 0.25) is 0 Å². The molecule has 1 unspecified atom stereocenters. The van der Waals surface area contributed by atoms with Gasteiger partial charge in [0, 0.05) is 0 Å². The van der Waals surface area contributed by atoms with E-state index in [0.29, 0.717) is 0 Å². The van der Waals surface area contributed by atoms with E-state index >= 15 is 0 Å². The van der Waals surface area contributed by atoms with Crippen LogP contribution < -0.4 is 0 Å². The average Bonchev–Trinajstić information content (AvgIpc) is 1.83. The van der Waals surface area contributed by atoms with Crippen molar-refractivity contribution < 1.29 is 31.4 Å². The lowest BCUT2D eigenvalue weighted by Crippen LogP contribution is -2.47. The van der Waals surface area contributed by atoms with Gasteiger partial charge in [-0.2, -0.15) is 22.0 Å². The van der Waals surface area contributed by atoms with Crippen molar-refractivity contribution in [1.29, 1.82) is 0 Å². The molecule has 0 aromatic carbocycles. The molecule has 0 spiro atoms. The van der Waals surface area contributed by atoms with E-state index in [2.05, 4.69) is 0 Å². The molecule has 0 aliphatic rings. The van der Waals surface area contributed by atoms with Gasteiger partial charge >= 0.3 is 12.1 Å². The Kier molecular flexibility index (Phi) is 2.76. The van der Waals surface area contributed by atoms with E-state index in [1.54, 1.807) is 0 Å². The normalized spacial score (nSPS) is 16.6. The Morgan fingerprint density at radius 2 is 1.45 bits per heavy atom. The molecule has 1 nitrogen and oxygen atoms in total. The number of rotatable bonds is 2. The molecule has 0 aromatic heterocycles. The fraction of sp³-hybridized carbons (Fsp3) is 1.00. The number of halogens is 6. The Morgan fingerprint density at radius 1 is 1.09 bits per heavy atom. The summed E-state index contributed by atoms with van der Waals surface area (Å²) in [7, 11) is 0. The van der Waals surface area contributed by atoms with Crippen LogP contribution in [-0.4, -0.2) is 24.9 Å². The first kappa shape index (κ1) is 10.5. The molecule has 1 radical (unpaired) electrons. The maximum Gasteiger partial charge on any atom is 0.456 e. The highest BCUT2D eigenvalue weighted by atomic mass is 19.4. The van der Waals surface area contributed by atoms with Gasteiger partial charge in [0.25, 0.3) is 0 Å². The fourth-order valence-electron chi connectivity index (χ4n) is 0.279. The highest BCUT2D eigenvalue weighted by Gasteiger charge is 2.63. The second kappa shape index (κ2) is 2.88. The monoisotopic (exact) mass is 181 g/mol. The van der Waals surface area contributed by atoms with Crippen LogP contribution in [0.25, 0.3) is 0 Å². The highest BCUT2D eigenvalue weighted by Crippen LogP contribution is 2.38. The first-order chi connectivity index (χ1) is 4.73. The number of alkyl halides is 6. The Bertz CT molecular complexity index is 129. The van der Waals surface area contributed by atoms with Crippen LogP contribution in [0.3, 0.4) is 0 Å². The quantitative estimate of drug-likeness (QED) is 0.580. The molecule has 1 atom stereocenters. The van der Waals surface area contributed by atoms with E-state index in [0.717, 1.165) is 0 Å². The smallest absolute Gasteiger partial charge is 0.248 e. The minimum Gasteiger partial charge on any atom is -0.248 e. The van der Waals surface area contributed by atoms with Gasteiger partial charge in [-0.3, -0.25) is 0 Å². The van der Waals surface area contributed by atoms with Crippen molar-refractivity contribution in [3.63, 3.8) is 0 Å². The third kappa shape index (κ3) is 1.98. The van der Waals surface area contributed by atoms with Crippen LogP contribution in [-0.2, 0) is 5.11 Å². The third-order valence-electron chi connectivity index (χ3n) is 0.922. The van der Waals surface area contributed by atoms with Gasteiger partial charge in [0.1, 0.15) is 6.67 Å². The summed E-state index contributed by atoms with van der Waals surface area (Å²) in [6.07, 6.45) is -9.53. The van der Waals surface area contributed by atoms with Crippen molar-refractivity contribution in [3.05, 3.63) is 0 Å². The van der Waals surface area contributed by atoms with Gasteiger partial charge in [0.05, 0.1) is 0 Å². The van der Waals surface area contributed by atoms with Gasteiger partial charge in [-0.1, -0.05) is 0 Å². The zero-order valence-electron chi connectivity index (χ0n) is 4.96. The molecule has 0 aliphatic carbocycles. The lowest BCUT2D eigenvalue weighted by molar-refractivity contribution is -0.321. The van der Waals surface area contributed by atoms with Crippen molar-refractivity contribution in [2.24, 2.45) is 0 Å². The number of hydrogen-bond acceptors (Lipinski definition) is 0. The van der Waals surface area contributed by atoms with Crippen LogP contribution in [0.15, 0.2) is 0 Å². The number of hydrogen-bond donors (Lipinski definition) is 0. The minimum atomic E-state index is -5.97. The molecule has 0 saturated carbocycles. The summed E-state index contributed by atoms with van der Waals surface area (Å²) in [6.45, 7) is -2.24. The molecular formula is C4H3F6O. The van der Waals surface area contributed by atoms with E-state index in [-0.39, 0.29) is 0 Å². The summed E-state index contributed by atoms with van der Waals surface area (Å²) >= 11 is 0. The molecule has 67 valence electrons. The van der Waals surface area contributed by atoms with Crippen LogP contribution in [0, 0.1) is 0 Å². The molecule has 0 N–H and O–H groups in total. The molecule has 11 heavy (non-hydrogen) atoms. The van der Waals surface area contributed by atoms with Crippen molar-refractivity contribution in [1.82, 2.24) is 0 Å². The van der Waals surface area contributed by atoms with Gasteiger partial charge in [0.15, 0.2) is 6.10 Å². The van der Waals surface area contributed by atoms with Crippen LogP contribution in [0.5, 0.6) is 0 Å². The summed E-state index contributed by atoms with van der Waals surface area (Å²) < 4.78 is 67.9. The third-order valence-corrected chi connectivity index (χ3v) is 0.922. The molecule has 0 bridgehead atoms. The second-order valence-electron chi connectivity index (χ2n) is 1.76. The van der Waals surface area contributed by atoms with Crippen molar-refractivity contribution >= 4 is 0 Å². The van der Waals surface area contributed by atoms with Gasteiger partial charge in [0.2, 0.25) is 0 Å². The Hall–Kier alpha value is -0.460. The predicted octanol–water partition coefficient (Wildman–Crippen LogP) is 1.95. The van der Waals surface area contributed by atoms with E-state index in [4.69, 9.17) is 0 Å². The Labute approximate surface area is 57.6 Å². The molecule has 0 saturated heterocycles. The van der Waals surface area contributed by atoms with Gasteiger partial charge in [-0.25, -0.2) is 9.50 Å². The highest BCUT2D eigenvalue weighted by molar-refractivity contribution is 4.83. The first-order valence-corrected chi connectivity index (χ1v) is 2.39. The lowest BCUT2D eigenvalue weighted by Gasteiger charge is -2.20. The largest absolute Gasteiger partial charge is 0.456 e. The van der Waals surface area contributed by atoms with Gasteiger partial charge in [-0.15, -0.1) is 0 Å². The van der Waals surface area contributed by atoms with Gasteiger partial charge < -0.3 is 0 Å². The Balaban J connectivity index is 4.45. The van der Waals surface area contributed by atoms with Gasteiger partial charge in [-0.05, 0) is 0 Å². The fourth-order valence-corrected chi connectivity index (χ4v) is 0.279. The maximum absolute atomic E-state index is 11.6. The molecule has 0 rings (SSSR count). The summed E-state index contributed by atoms with van der Waals surface area (Å²) in [5, 5.41) is 9.72. The minimum absolute atomic E-state index is 2.24. The molecule has 7 heteroatoms. The Morgan fingerprint density at radius 3 is 1.55 bits per heavy atom. The molecule has 0 aliphatic heterocycles. The van der Waals surface area contributed by atoms with Crippen molar-refractivity contribution in [3.8, 4) is 0 Å². The van der Waals surface area contributed by atoms with Crippen molar-refractivity contribution in [2.45, 2.75) is 18.2 Å². The second-order valence-corrected chi connectivity index (χ2v) is 1.76. The van der Waals surface area contributed by atoms with Crippen LogP contribution in [0.4, 0.5) is 26.3 Å². The first-order valence-electron chi connectivity index (χ1n) is 2.39.